The molecule has 0 unspecified atom stereocenters. The molecule has 0 aliphatic heterocycles. The van der Waals surface area contributed by atoms with Crippen molar-refractivity contribution < 1.29 is 19.1 Å². The van der Waals surface area contributed by atoms with Gasteiger partial charge in [0.05, 0.1) is 24.6 Å². The molecule has 0 aliphatic carbocycles. The Labute approximate surface area is 192 Å². The fraction of sp³-hybridized carbons (Fsp3) is 0.360. The van der Waals surface area contributed by atoms with Crippen LogP contribution in [0.5, 0.6) is 5.75 Å². The summed E-state index contributed by atoms with van der Waals surface area (Å²) in [7, 11) is 1.56. The Morgan fingerprint density at radius 1 is 1.09 bits per heavy atom. The predicted octanol–water partition coefficient (Wildman–Crippen LogP) is 3.00. The maximum Gasteiger partial charge on any atom is 0.306 e. The molecule has 1 amide bonds. The van der Waals surface area contributed by atoms with Gasteiger partial charge in [0.15, 0.2) is 6.61 Å². The second-order valence-electron chi connectivity index (χ2n) is 7.61. The minimum absolute atomic E-state index is 0.0336. The number of unbranched alkanes of at least 4 members (excludes halogenated alkanes) is 1. The first-order valence-corrected chi connectivity index (χ1v) is 11.1. The van der Waals surface area contributed by atoms with E-state index in [9.17, 15) is 14.4 Å². The van der Waals surface area contributed by atoms with Crippen molar-refractivity contribution in [2.45, 2.75) is 45.7 Å². The number of aryl methyl sites for hydroxylation is 2. The Hall–Kier alpha value is -3.68. The summed E-state index contributed by atoms with van der Waals surface area (Å²) in [5.41, 5.74) is 2.45. The minimum Gasteiger partial charge on any atom is -0.496 e. The number of methoxy groups -OCH3 is 1. The number of esters is 1. The lowest BCUT2D eigenvalue weighted by Crippen LogP contribution is -2.29. The number of amides is 1. The van der Waals surface area contributed by atoms with Gasteiger partial charge in [0.2, 0.25) is 0 Å². The van der Waals surface area contributed by atoms with Crippen molar-refractivity contribution in [2.24, 2.45) is 0 Å². The molecule has 8 nitrogen and oxygen atoms in total. The number of nitrogens with zero attached hydrogens (tertiary/aromatic N) is 2. The summed E-state index contributed by atoms with van der Waals surface area (Å²) < 4.78 is 12.0. The van der Waals surface area contributed by atoms with Crippen LogP contribution in [0.2, 0.25) is 0 Å². The van der Waals surface area contributed by atoms with E-state index >= 15 is 0 Å². The zero-order valence-electron chi connectivity index (χ0n) is 19.0. The summed E-state index contributed by atoms with van der Waals surface area (Å²) in [5, 5.41) is 2.70. The molecule has 0 fully saturated rings. The molecule has 1 aromatic heterocycles. The van der Waals surface area contributed by atoms with Crippen molar-refractivity contribution >= 4 is 22.9 Å². The van der Waals surface area contributed by atoms with Crippen molar-refractivity contribution in [1.82, 2.24) is 14.9 Å². The van der Waals surface area contributed by atoms with Gasteiger partial charge < -0.3 is 19.4 Å². The van der Waals surface area contributed by atoms with Crippen molar-refractivity contribution in [3.05, 3.63) is 70.1 Å². The van der Waals surface area contributed by atoms with E-state index in [1.165, 1.54) is 0 Å². The number of nitrogens with one attached hydrogen (secondary N) is 1. The Morgan fingerprint density at radius 3 is 2.64 bits per heavy atom. The number of hydrogen-bond acceptors (Lipinski definition) is 6. The van der Waals surface area contributed by atoms with E-state index in [4.69, 9.17) is 9.47 Å². The van der Waals surface area contributed by atoms with Gasteiger partial charge >= 0.3 is 5.97 Å². The third-order valence-corrected chi connectivity index (χ3v) is 5.25. The van der Waals surface area contributed by atoms with E-state index in [0.29, 0.717) is 23.5 Å². The standard InChI is InChI=1S/C25H29N3O5/c1-3-4-15-28-21-11-7-6-10-19(21)27-20(25(28)31)13-14-24(30)33-17-23(29)26-16-18-9-5-8-12-22(18)32-2/h5-12H,3-4,13-17H2,1-2H3,(H,26,29). The Bertz CT molecular complexity index is 1170. The van der Waals surface area contributed by atoms with Gasteiger partial charge in [-0.2, -0.15) is 0 Å². The van der Waals surface area contributed by atoms with Crippen LogP contribution in [0.15, 0.2) is 53.3 Å². The average Bonchev–Trinajstić information content (AvgIpc) is 2.84. The quantitative estimate of drug-likeness (QED) is 0.450. The molecular formula is C25H29N3O5. The topological polar surface area (TPSA) is 99.5 Å². The van der Waals surface area contributed by atoms with Gasteiger partial charge in [-0.05, 0) is 24.6 Å². The summed E-state index contributed by atoms with van der Waals surface area (Å²) in [5.74, 6) is -0.306. The number of benzene rings is 2. The van der Waals surface area contributed by atoms with Crippen LogP contribution >= 0.6 is 0 Å². The van der Waals surface area contributed by atoms with E-state index in [-0.39, 0.29) is 31.6 Å². The second-order valence-corrected chi connectivity index (χ2v) is 7.61. The lowest BCUT2D eigenvalue weighted by molar-refractivity contribution is -0.148. The van der Waals surface area contributed by atoms with Gasteiger partial charge in [-0.15, -0.1) is 0 Å². The lowest BCUT2D eigenvalue weighted by atomic mass is 10.2. The summed E-state index contributed by atoms with van der Waals surface area (Å²) in [6.07, 6.45) is 1.95. The summed E-state index contributed by atoms with van der Waals surface area (Å²) in [6, 6.07) is 14.8. The molecule has 3 aromatic rings. The fourth-order valence-electron chi connectivity index (χ4n) is 3.48. The third-order valence-electron chi connectivity index (χ3n) is 5.25. The van der Waals surface area contributed by atoms with Crippen molar-refractivity contribution in [1.29, 1.82) is 0 Å². The SMILES string of the molecule is CCCCn1c(=O)c(CCC(=O)OCC(=O)NCc2ccccc2OC)nc2ccccc21. The largest absolute Gasteiger partial charge is 0.496 e. The van der Waals surface area contributed by atoms with E-state index in [1.807, 2.05) is 42.5 Å². The molecule has 1 heterocycles. The number of para-hydroxylation sites is 3. The molecule has 0 atom stereocenters. The molecule has 0 bridgehead atoms. The van der Waals surface area contributed by atoms with E-state index in [0.717, 1.165) is 23.9 Å². The average molecular weight is 452 g/mol. The molecule has 0 aliphatic rings. The minimum atomic E-state index is -0.558. The number of carbonyl (C=O) groups excluding carboxylic acids is 2. The molecule has 0 radical (unpaired) electrons. The Morgan fingerprint density at radius 2 is 1.85 bits per heavy atom. The van der Waals surface area contributed by atoms with Crippen LogP contribution < -0.4 is 15.6 Å². The third kappa shape index (κ3) is 6.41. The second kappa shape index (κ2) is 11.8. The molecule has 2 aromatic carbocycles. The molecule has 3 rings (SSSR count). The van der Waals surface area contributed by atoms with Crippen LogP contribution in [0.25, 0.3) is 11.0 Å². The first-order valence-electron chi connectivity index (χ1n) is 11.1. The Balaban J connectivity index is 1.54. The van der Waals surface area contributed by atoms with Crippen molar-refractivity contribution in [2.75, 3.05) is 13.7 Å². The first kappa shape index (κ1) is 24.0. The smallest absolute Gasteiger partial charge is 0.306 e. The normalized spacial score (nSPS) is 10.7. The van der Waals surface area contributed by atoms with Crippen molar-refractivity contribution in [3.8, 4) is 5.75 Å². The highest BCUT2D eigenvalue weighted by Gasteiger charge is 2.14. The molecule has 174 valence electrons. The van der Waals surface area contributed by atoms with Crippen LogP contribution in [0, 0.1) is 0 Å². The van der Waals surface area contributed by atoms with Crippen LogP contribution in [-0.4, -0.2) is 35.1 Å². The summed E-state index contributed by atoms with van der Waals surface area (Å²) in [4.78, 5) is 41.6. The highest BCUT2D eigenvalue weighted by atomic mass is 16.5. The first-order chi connectivity index (χ1) is 16.0. The zero-order valence-corrected chi connectivity index (χ0v) is 19.0. The highest BCUT2D eigenvalue weighted by Crippen LogP contribution is 2.16. The molecule has 1 N–H and O–H groups in total. The number of carbonyl (C=O) groups is 2. The predicted molar refractivity (Wildman–Crippen MR) is 125 cm³/mol. The maximum atomic E-state index is 12.9. The van der Waals surface area contributed by atoms with Gasteiger partial charge in [0, 0.05) is 25.1 Å². The monoisotopic (exact) mass is 451 g/mol. The van der Waals surface area contributed by atoms with Gasteiger partial charge in [-0.3, -0.25) is 14.4 Å². The maximum absolute atomic E-state index is 12.9. The van der Waals surface area contributed by atoms with Gasteiger partial charge in [-0.1, -0.05) is 43.7 Å². The molecule has 33 heavy (non-hydrogen) atoms. The van der Waals surface area contributed by atoms with Crippen LogP contribution in [0.3, 0.4) is 0 Å². The molecule has 0 saturated carbocycles. The number of ether oxygens (including phenoxy) is 2. The van der Waals surface area contributed by atoms with Crippen LogP contribution in [-0.2, 0) is 33.8 Å². The molecule has 0 saturated heterocycles. The summed E-state index contributed by atoms with van der Waals surface area (Å²) >= 11 is 0. The van der Waals surface area contributed by atoms with Crippen LogP contribution in [0.1, 0.15) is 37.4 Å². The highest BCUT2D eigenvalue weighted by molar-refractivity contribution is 5.80. The Kier molecular flexibility index (Phi) is 8.57. The van der Waals surface area contributed by atoms with Gasteiger partial charge in [0.1, 0.15) is 11.4 Å². The van der Waals surface area contributed by atoms with Crippen molar-refractivity contribution in [3.63, 3.8) is 0 Å². The number of rotatable bonds is 11. The lowest BCUT2D eigenvalue weighted by Gasteiger charge is -2.12. The molecule has 0 spiro atoms. The van der Waals surface area contributed by atoms with Crippen LogP contribution in [0.4, 0.5) is 0 Å². The molecule has 8 heteroatoms. The summed E-state index contributed by atoms with van der Waals surface area (Å²) in [6.45, 7) is 2.54. The number of aromatic nitrogens is 2. The zero-order chi connectivity index (χ0) is 23.6. The molecular weight excluding hydrogens is 422 g/mol. The number of fused-ring (bicyclic) bond motifs is 1. The van der Waals surface area contributed by atoms with E-state index < -0.39 is 11.9 Å². The van der Waals surface area contributed by atoms with Gasteiger partial charge in [-0.25, -0.2) is 4.98 Å². The van der Waals surface area contributed by atoms with Gasteiger partial charge in [0.25, 0.3) is 11.5 Å². The van der Waals surface area contributed by atoms with E-state index in [1.54, 1.807) is 17.7 Å². The number of hydrogen-bond donors (Lipinski definition) is 1. The van der Waals surface area contributed by atoms with E-state index in [2.05, 4.69) is 17.2 Å². The fourth-order valence-corrected chi connectivity index (χ4v) is 3.48.